The summed E-state index contributed by atoms with van der Waals surface area (Å²) in [5.41, 5.74) is 0.292. The van der Waals surface area contributed by atoms with E-state index in [0.29, 0.717) is 42.8 Å². The Hall–Kier alpha value is -2.35. The quantitative estimate of drug-likeness (QED) is 0.860. The Morgan fingerprint density at radius 1 is 1.32 bits per heavy atom. The zero-order valence-corrected chi connectivity index (χ0v) is 13.7. The zero-order chi connectivity index (χ0) is 18.0. The Labute approximate surface area is 142 Å². The fourth-order valence-electron chi connectivity index (χ4n) is 2.94. The molecule has 0 saturated carbocycles. The van der Waals surface area contributed by atoms with Gasteiger partial charge in [-0.1, -0.05) is 0 Å². The minimum absolute atomic E-state index is 0.181. The molecule has 2 aromatic rings. The average molecular weight is 353 g/mol. The summed E-state index contributed by atoms with van der Waals surface area (Å²) in [5.74, 6) is -0.581. The van der Waals surface area contributed by atoms with Crippen molar-refractivity contribution in [2.75, 3.05) is 37.7 Å². The number of hydrogen-bond acceptors (Lipinski definition) is 5. The van der Waals surface area contributed by atoms with Crippen molar-refractivity contribution in [3.8, 4) is 0 Å². The van der Waals surface area contributed by atoms with Crippen LogP contribution in [-0.2, 0) is 10.9 Å². The first-order valence-corrected chi connectivity index (χ1v) is 8.04. The highest BCUT2D eigenvalue weighted by molar-refractivity contribution is 6.05. The number of halogens is 3. The monoisotopic (exact) mass is 353 g/mol. The lowest BCUT2D eigenvalue weighted by molar-refractivity contribution is -0.137. The minimum Gasteiger partial charge on any atom is -0.462 e. The van der Waals surface area contributed by atoms with Gasteiger partial charge in [0.05, 0.1) is 23.4 Å². The van der Waals surface area contributed by atoms with E-state index >= 15 is 0 Å². The van der Waals surface area contributed by atoms with Crippen molar-refractivity contribution >= 4 is 22.6 Å². The van der Waals surface area contributed by atoms with E-state index in [9.17, 15) is 18.0 Å². The number of carbonyl (C=O) groups is 1. The van der Waals surface area contributed by atoms with Gasteiger partial charge in [0.1, 0.15) is 5.56 Å². The molecule has 1 aromatic carbocycles. The molecule has 0 radical (unpaired) electrons. The molecule has 1 aliphatic heterocycles. The SMILES string of the molecule is CCOC(=O)c1cnc2ccc(C(F)(F)F)cc2c1N1CCNCC1. The number of benzene rings is 1. The van der Waals surface area contributed by atoms with Crippen LogP contribution in [0.2, 0.25) is 0 Å². The maximum Gasteiger partial charge on any atom is 0.416 e. The van der Waals surface area contributed by atoms with E-state index in [4.69, 9.17) is 4.74 Å². The molecule has 134 valence electrons. The maximum atomic E-state index is 13.1. The number of ether oxygens (including phenoxy) is 1. The van der Waals surface area contributed by atoms with E-state index < -0.39 is 17.7 Å². The molecule has 1 fully saturated rings. The van der Waals surface area contributed by atoms with Gasteiger partial charge in [-0.2, -0.15) is 13.2 Å². The molecule has 5 nitrogen and oxygen atoms in total. The van der Waals surface area contributed by atoms with Crippen LogP contribution in [0.1, 0.15) is 22.8 Å². The number of fused-ring (bicyclic) bond motifs is 1. The van der Waals surface area contributed by atoms with Gasteiger partial charge < -0.3 is 15.0 Å². The molecule has 2 heterocycles. The molecule has 8 heteroatoms. The second kappa shape index (κ2) is 6.87. The summed E-state index contributed by atoms with van der Waals surface area (Å²) in [6.45, 7) is 4.40. The van der Waals surface area contributed by atoms with Gasteiger partial charge in [0, 0.05) is 37.8 Å². The van der Waals surface area contributed by atoms with Crippen molar-refractivity contribution in [1.29, 1.82) is 0 Å². The molecule has 0 amide bonds. The fourth-order valence-corrected chi connectivity index (χ4v) is 2.94. The topological polar surface area (TPSA) is 54.5 Å². The molecule has 0 atom stereocenters. The third-order valence-electron chi connectivity index (χ3n) is 4.10. The van der Waals surface area contributed by atoms with Crippen LogP contribution in [-0.4, -0.2) is 43.7 Å². The Kier molecular flexibility index (Phi) is 4.80. The third-order valence-corrected chi connectivity index (χ3v) is 4.10. The molecule has 1 aliphatic rings. The molecule has 0 aliphatic carbocycles. The van der Waals surface area contributed by atoms with Gasteiger partial charge >= 0.3 is 12.1 Å². The number of piperazine rings is 1. The predicted octanol–water partition coefficient (Wildman–Crippen LogP) is 2.84. The van der Waals surface area contributed by atoms with Gasteiger partial charge in [0.2, 0.25) is 0 Å². The number of anilines is 1. The van der Waals surface area contributed by atoms with Crippen LogP contribution in [0, 0.1) is 0 Å². The first kappa shape index (κ1) is 17.5. The van der Waals surface area contributed by atoms with Crippen molar-refractivity contribution in [3.63, 3.8) is 0 Å². The lowest BCUT2D eigenvalue weighted by Crippen LogP contribution is -2.44. The standard InChI is InChI=1S/C17H18F3N3O2/c1-2-25-16(24)13-10-22-14-4-3-11(17(18,19)20)9-12(14)15(13)23-7-5-21-6-8-23/h3-4,9-10,21H,2,5-8H2,1H3. The van der Waals surface area contributed by atoms with E-state index in [1.165, 1.54) is 12.3 Å². The van der Waals surface area contributed by atoms with Gasteiger partial charge in [-0.3, -0.25) is 4.98 Å². The Balaban J connectivity index is 2.22. The molecular weight excluding hydrogens is 335 g/mol. The molecule has 0 bridgehead atoms. The number of rotatable bonds is 3. The first-order valence-electron chi connectivity index (χ1n) is 8.04. The van der Waals surface area contributed by atoms with Gasteiger partial charge in [-0.05, 0) is 25.1 Å². The summed E-state index contributed by atoms with van der Waals surface area (Å²) < 4.78 is 44.5. The molecule has 1 N–H and O–H groups in total. The molecule has 25 heavy (non-hydrogen) atoms. The highest BCUT2D eigenvalue weighted by atomic mass is 19.4. The number of alkyl halides is 3. The molecule has 1 saturated heterocycles. The summed E-state index contributed by atoms with van der Waals surface area (Å²) in [5, 5.41) is 3.50. The van der Waals surface area contributed by atoms with Crippen molar-refractivity contribution in [3.05, 3.63) is 35.5 Å². The van der Waals surface area contributed by atoms with E-state index in [0.717, 1.165) is 12.1 Å². The van der Waals surface area contributed by atoms with Crippen molar-refractivity contribution < 1.29 is 22.7 Å². The summed E-state index contributed by atoms with van der Waals surface area (Å²) in [7, 11) is 0. The van der Waals surface area contributed by atoms with Crippen LogP contribution in [0.5, 0.6) is 0 Å². The van der Waals surface area contributed by atoms with E-state index in [1.807, 2.05) is 4.90 Å². The van der Waals surface area contributed by atoms with Crippen LogP contribution < -0.4 is 10.2 Å². The van der Waals surface area contributed by atoms with E-state index in [2.05, 4.69) is 10.3 Å². The maximum absolute atomic E-state index is 13.1. The lowest BCUT2D eigenvalue weighted by atomic mass is 10.0. The summed E-state index contributed by atoms with van der Waals surface area (Å²) in [6, 6.07) is 3.39. The van der Waals surface area contributed by atoms with Crippen LogP contribution in [0.3, 0.4) is 0 Å². The number of nitrogens with zero attached hydrogens (tertiary/aromatic N) is 2. The summed E-state index contributed by atoms with van der Waals surface area (Å²) in [4.78, 5) is 18.4. The first-order chi connectivity index (χ1) is 11.9. The molecule has 0 unspecified atom stereocenters. The number of pyridine rings is 1. The zero-order valence-electron chi connectivity index (χ0n) is 13.7. The predicted molar refractivity (Wildman–Crippen MR) is 87.8 cm³/mol. The number of nitrogens with one attached hydrogen (secondary N) is 1. The molecule has 3 rings (SSSR count). The normalized spacial score (nSPS) is 15.4. The van der Waals surface area contributed by atoms with E-state index in [1.54, 1.807) is 6.92 Å². The average Bonchev–Trinajstić information content (AvgIpc) is 2.60. The number of aromatic nitrogens is 1. The van der Waals surface area contributed by atoms with Gasteiger partial charge in [-0.25, -0.2) is 4.79 Å². The van der Waals surface area contributed by atoms with Gasteiger partial charge in [0.25, 0.3) is 0 Å². The minimum atomic E-state index is -4.46. The lowest BCUT2D eigenvalue weighted by Gasteiger charge is -2.31. The number of carbonyl (C=O) groups excluding carboxylic acids is 1. The Morgan fingerprint density at radius 3 is 2.68 bits per heavy atom. The second-order valence-electron chi connectivity index (χ2n) is 5.71. The largest absolute Gasteiger partial charge is 0.462 e. The van der Waals surface area contributed by atoms with Crippen LogP contribution >= 0.6 is 0 Å². The molecule has 1 aromatic heterocycles. The molecule has 0 spiro atoms. The van der Waals surface area contributed by atoms with Crippen LogP contribution in [0.15, 0.2) is 24.4 Å². The fraction of sp³-hybridized carbons (Fsp3) is 0.412. The van der Waals surface area contributed by atoms with Crippen LogP contribution in [0.4, 0.5) is 18.9 Å². The highest BCUT2D eigenvalue weighted by Gasteiger charge is 2.32. The van der Waals surface area contributed by atoms with Crippen molar-refractivity contribution in [1.82, 2.24) is 10.3 Å². The summed E-state index contributed by atoms with van der Waals surface area (Å²) >= 11 is 0. The highest BCUT2D eigenvalue weighted by Crippen LogP contribution is 2.36. The molecular formula is C17H18F3N3O2. The van der Waals surface area contributed by atoms with Crippen molar-refractivity contribution in [2.24, 2.45) is 0 Å². The number of esters is 1. The summed E-state index contributed by atoms with van der Waals surface area (Å²) in [6.07, 6.45) is -3.08. The van der Waals surface area contributed by atoms with Crippen LogP contribution in [0.25, 0.3) is 10.9 Å². The van der Waals surface area contributed by atoms with E-state index in [-0.39, 0.29) is 12.2 Å². The van der Waals surface area contributed by atoms with Gasteiger partial charge in [-0.15, -0.1) is 0 Å². The second-order valence-corrected chi connectivity index (χ2v) is 5.71. The smallest absolute Gasteiger partial charge is 0.416 e. The number of hydrogen-bond donors (Lipinski definition) is 1. The van der Waals surface area contributed by atoms with Crippen molar-refractivity contribution in [2.45, 2.75) is 13.1 Å². The van der Waals surface area contributed by atoms with Gasteiger partial charge in [0.15, 0.2) is 0 Å². The Morgan fingerprint density at radius 2 is 2.04 bits per heavy atom. The third kappa shape index (κ3) is 3.53. The Bertz CT molecular complexity index is 787.